The first-order valence-corrected chi connectivity index (χ1v) is 9.02. The second kappa shape index (κ2) is 7.87. The Balaban J connectivity index is 1.65. The Hall–Kier alpha value is -2.08. The van der Waals surface area contributed by atoms with Gasteiger partial charge in [0.1, 0.15) is 5.75 Å². The SMILES string of the molecule is COc1ccc(-c2csc(NC(=O)Cc3ccc(Cl)c(Cl)c3)n2)cc1. The smallest absolute Gasteiger partial charge is 0.230 e. The highest BCUT2D eigenvalue weighted by Crippen LogP contribution is 2.27. The van der Waals surface area contributed by atoms with Gasteiger partial charge in [-0.25, -0.2) is 4.98 Å². The minimum absolute atomic E-state index is 0.158. The van der Waals surface area contributed by atoms with E-state index >= 15 is 0 Å². The maximum atomic E-state index is 12.2. The molecule has 1 aromatic heterocycles. The summed E-state index contributed by atoms with van der Waals surface area (Å²) in [5.74, 6) is 0.628. The molecule has 4 nitrogen and oxygen atoms in total. The van der Waals surface area contributed by atoms with E-state index in [1.165, 1.54) is 11.3 Å². The van der Waals surface area contributed by atoms with E-state index in [9.17, 15) is 4.79 Å². The summed E-state index contributed by atoms with van der Waals surface area (Å²) in [7, 11) is 1.62. The first kappa shape index (κ1) is 17.7. The summed E-state index contributed by atoms with van der Waals surface area (Å²) in [6.45, 7) is 0. The molecule has 25 heavy (non-hydrogen) atoms. The molecule has 128 valence electrons. The molecule has 1 heterocycles. The number of rotatable bonds is 5. The molecule has 0 saturated carbocycles. The molecule has 0 aliphatic rings. The molecule has 0 radical (unpaired) electrons. The van der Waals surface area contributed by atoms with Crippen molar-refractivity contribution in [3.63, 3.8) is 0 Å². The first-order chi connectivity index (χ1) is 12.0. The van der Waals surface area contributed by atoms with E-state index in [0.717, 1.165) is 22.6 Å². The van der Waals surface area contributed by atoms with Gasteiger partial charge in [-0.3, -0.25) is 4.79 Å². The lowest BCUT2D eigenvalue weighted by molar-refractivity contribution is -0.115. The molecular formula is C18H14Cl2N2O2S. The van der Waals surface area contributed by atoms with Crippen LogP contribution < -0.4 is 10.1 Å². The van der Waals surface area contributed by atoms with Crippen LogP contribution in [0.5, 0.6) is 5.75 Å². The van der Waals surface area contributed by atoms with Crippen molar-refractivity contribution in [3.8, 4) is 17.0 Å². The Morgan fingerprint density at radius 1 is 1.16 bits per heavy atom. The van der Waals surface area contributed by atoms with Crippen LogP contribution in [0.3, 0.4) is 0 Å². The minimum Gasteiger partial charge on any atom is -0.497 e. The molecule has 0 atom stereocenters. The molecule has 0 aliphatic heterocycles. The monoisotopic (exact) mass is 392 g/mol. The van der Waals surface area contributed by atoms with Crippen molar-refractivity contribution >= 4 is 45.6 Å². The molecular weight excluding hydrogens is 379 g/mol. The molecule has 0 aliphatic carbocycles. The fourth-order valence-corrected chi connectivity index (χ4v) is 3.28. The fourth-order valence-electron chi connectivity index (χ4n) is 2.22. The molecule has 7 heteroatoms. The van der Waals surface area contributed by atoms with Gasteiger partial charge >= 0.3 is 0 Å². The molecule has 3 aromatic rings. The molecule has 0 saturated heterocycles. The van der Waals surface area contributed by atoms with E-state index in [1.807, 2.05) is 29.6 Å². The van der Waals surface area contributed by atoms with E-state index in [0.29, 0.717) is 15.2 Å². The van der Waals surface area contributed by atoms with E-state index < -0.39 is 0 Å². The third-order valence-corrected chi connectivity index (χ3v) is 4.98. The predicted molar refractivity (Wildman–Crippen MR) is 103 cm³/mol. The van der Waals surface area contributed by atoms with Crippen molar-refractivity contribution in [1.82, 2.24) is 4.98 Å². The molecule has 0 spiro atoms. The predicted octanol–water partition coefficient (Wildman–Crippen LogP) is 5.31. The maximum absolute atomic E-state index is 12.2. The molecule has 3 rings (SSSR count). The van der Waals surface area contributed by atoms with Crippen molar-refractivity contribution in [2.45, 2.75) is 6.42 Å². The normalized spacial score (nSPS) is 10.5. The number of carbonyl (C=O) groups is 1. The van der Waals surface area contributed by atoms with Gasteiger partial charge in [0.2, 0.25) is 5.91 Å². The minimum atomic E-state index is -0.158. The van der Waals surface area contributed by atoms with Crippen molar-refractivity contribution in [2.24, 2.45) is 0 Å². The number of nitrogens with one attached hydrogen (secondary N) is 1. The van der Waals surface area contributed by atoms with Crippen LogP contribution in [0.4, 0.5) is 5.13 Å². The molecule has 0 unspecified atom stereocenters. The Bertz CT molecular complexity index is 894. The lowest BCUT2D eigenvalue weighted by Gasteiger charge is -2.04. The van der Waals surface area contributed by atoms with Gasteiger partial charge in [-0.1, -0.05) is 29.3 Å². The van der Waals surface area contributed by atoms with Gasteiger partial charge in [-0.15, -0.1) is 11.3 Å². The molecule has 2 aromatic carbocycles. The van der Waals surface area contributed by atoms with Crippen LogP contribution in [-0.2, 0) is 11.2 Å². The molecule has 1 N–H and O–H groups in total. The number of methoxy groups -OCH3 is 1. The Labute approximate surface area is 159 Å². The Morgan fingerprint density at radius 3 is 2.60 bits per heavy atom. The number of hydrogen-bond donors (Lipinski definition) is 1. The van der Waals surface area contributed by atoms with Gasteiger partial charge in [-0.2, -0.15) is 0 Å². The largest absolute Gasteiger partial charge is 0.497 e. The van der Waals surface area contributed by atoms with Crippen LogP contribution >= 0.6 is 34.5 Å². The number of carbonyl (C=O) groups excluding carboxylic acids is 1. The van der Waals surface area contributed by atoms with Crippen molar-refractivity contribution in [3.05, 3.63) is 63.5 Å². The zero-order chi connectivity index (χ0) is 17.8. The second-order valence-corrected chi connectivity index (χ2v) is 6.91. The lowest BCUT2D eigenvalue weighted by atomic mass is 10.1. The summed E-state index contributed by atoms with van der Waals surface area (Å²) in [5, 5.41) is 6.16. The summed E-state index contributed by atoms with van der Waals surface area (Å²) >= 11 is 13.2. The summed E-state index contributed by atoms with van der Waals surface area (Å²) < 4.78 is 5.14. The Kier molecular flexibility index (Phi) is 5.58. The number of aromatic nitrogens is 1. The number of ether oxygens (including phenoxy) is 1. The van der Waals surface area contributed by atoms with Gasteiger partial charge in [0.05, 0.1) is 29.3 Å². The van der Waals surface area contributed by atoms with Crippen molar-refractivity contribution in [2.75, 3.05) is 12.4 Å². The average molecular weight is 393 g/mol. The van der Waals surface area contributed by atoms with E-state index in [4.69, 9.17) is 27.9 Å². The van der Waals surface area contributed by atoms with Gasteiger partial charge in [-0.05, 0) is 42.0 Å². The topological polar surface area (TPSA) is 51.2 Å². The van der Waals surface area contributed by atoms with Crippen LogP contribution in [0.2, 0.25) is 10.0 Å². The highest BCUT2D eigenvalue weighted by molar-refractivity contribution is 7.14. The number of benzene rings is 2. The summed E-state index contributed by atoms with van der Waals surface area (Å²) in [4.78, 5) is 16.6. The number of halogens is 2. The standard InChI is InChI=1S/C18H14Cl2N2O2S/c1-24-13-5-3-12(4-6-13)16-10-25-18(21-16)22-17(23)9-11-2-7-14(19)15(20)8-11/h2-8,10H,9H2,1H3,(H,21,22,23). The van der Waals surface area contributed by atoms with Gasteiger partial charge in [0.15, 0.2) is 5.13 Å². The van der Waals surface area contributed by atoms with Crippen LogP contribution in [0.15, 0.2) is 47.8 Å². The van der Waals surface area contributed by atoms with Crippen LogP contribution in [0.1, 0.15) is 5.56 Å². The average Bonchev–Trinajstić information content (AvgIpc) is 3.06. The molecule has 1 amide bonds. The zero-order valence-corrected chi connectivity index (χ0v) is 15.6. The zero-order valence-electron chi connectivity index (χ0n) is 13.3. The van der Waals surface area contributed by atoms with Gasteiger partial charge in [0, 0.05) is 10.9 Å². The number of nitrogens with zero attached hydrogens (tertiary/aromatic N) is 1. The highest BCUT2D eigenvalue weighted by atomic mass is 35.5. The van der Waals surface area contributed by atoms with Gasteiger partial charge in [0.25, 0.3) is 0 Å². The lowest BCUT2D eigenvalue weighted by Crippen LogP contribution is -2.14. The summed E-state index contributed by atoms with van der Waals surface area (Å²) in [6, 6.07) is 12.7. The van der Waals surface area contributed by atoms with Crippen molar-refractivity contribution < 1.29 is 9.53 Å². The third kappa shape index (κ3) is 4.51. The molecule has 0 bridgehead atoms. The number of thiazole rings is 1. The van der Waals surface area contributed by atoms with Crippen LogP contribution in [0, 0.1) is 0 Å². The Morgan fingerprint density at radius 2 is 1.92 bits per heavy atom. The van der Waals surface area contributed by atoms with Crippen molar-refractivity contribution in [1.29, 1.82) is 0 Å². The first-order valence-electron chi connectivity index (χ1n) is 7.39. The number of hydrogen-bond acceptors (Lipinski definition) is 4. The third-order valence-electron chi connectivity index (χ3n) is 3.49. The van der Waals surface area contributed by atoms with Gasteiger partial charge < -0.3 is 10.1 Å². The summed E-state index contributed by atoms with van der Waals surface area (Å²) in [5.41, 5.74) is 2.55. The van der Waals surface area contributed by atoms with E-state index in [-0.39, 0.29) is 12.3 Å². The molecule has 0 fully saturated rings. The summed E-state index contributed by atoms with van der Waals surface area (Å²) in [6.07, 6.45) is 0.203. The number of anilines is 1. The van der Waals surface area contributed by atoms with E-state index in [1.54, 1.807) is 25.3 Å². The van der Waals surface area contributed by atoms with E-state index in [2.05, 4.69) is 10.3 Å². The number of amides is 1. The second-order valence-electron chi connectivity index (χ2n) is 5.24. The quantitative estimate of drug-likeness (QED) is 0.640. The highest BCUT2D eigenvalue weighted by Gasteiger charge is 2.10. The maximum Gasteiger partial charge on any atom is 0.230 e. The van der Waals surface area contributed by atoms with Crippen LogP contribution in [-0.4, -0.2) is 18.0 Å². The van der Waals surface area contributed by atoms with Crippen LogP contribution in [0.25, 0.3) is 11.3 Å². The fraction of sp³-hybridized carbons (Fsp3) is 0.111.